The summed E-state index contributed by atoms with van der Waals surface area (Å²) in [4.78, 5) is 27.2. The first-order valence-corrected chi connectivity index (χ1v) is 10.7. The molecule has 1 heterocycles. The number of guanidine groups is 1. The highest BCUT2D eigenvalue weighted by Crippen LogP contribution is 2.36. The molecule has 162 valence electrons. The molecule has 6 nitrogen and oxygen atoms in total. The smallest absolute Gasteiger partial charge is 0.264 e. The summed E-state index contributed by atoms with van der Waals surface area (Å²) in [5.41, 5.74) is 1.92. The van der Waals surface area contributed by atoms with Crippen LogP contribution in [0.2, 0.25) is 0 Å². The van der Waals surface area contributed by atoms with Crippen LogP contribution in [0.15, 0.2) is 84.9 Å². The molecule has 6 heteroatoms. The number of nitrogens with one attached hydrogen (secondary N) is 3. The summed E-state index contributed by atoms with van der Waals surface area (Å²) in [7, 11) is 0. The molecule has 3 aromatic carbocycles. The Kier molecular flexibility index (Phi) is 6.03. The lowest BCUT2D eigenvalue weighted by Gasteiger charge is -2.28. The average Bonchev–Trinajstić information content (AvgIpc) is 3.06. The van der Waals surface area contributed by atoms with Gasteiger partial charge in [-0.3, -0.25) is 19.9 Å². The van der Waals surface area contributed by atoms with E-state index in [2.05, 4.69) is 10.6 Å². The van der Waals surface area contributed by atoms with Gasteiger partial charge >= 0.3 is 0 Å². The van der Waals surface area contributed by atoms with Crippen molar-refractivity contribution in [1.29, 1.82) is 5.41 Å². The first-order chi connectivity index (χ1) is 15.5. The lowest BCUT2D eigenvalue weighted by Crippen LogP contribution is -2.45. The van der Waals surface area contributed by atoms with E-state index in [-0.39, 0.29) is 24.3 Å². The number of benzene rings is 3. The Bertz CT molecular complexity index is 1090. The highest BCUT2D eigenvalue weighted by Gasteiger charge is 2.52. The first kappa shape index (κ1) is 21.3. The molecule has 0 spiro atoms. The highest BCUT2D eigenvalue weighted by atomic mass is 16.2. The maximum atomic E-state index is 13.8. The molecule has 1 aliphatic rings. The zero-order chi connectivity index (χ0) is 22.6. The molecule has 0 bridgehead atoms. The van der Waals surface area contributed by atoms with Crippen LogP contribution in [0.25, 0.3) is 0 Å². The SMILES string of the molecule is CCCC(=O)Nc1cccc(CN2C(=N)NC(c3ccccc3)(c3ccccc3)C2=O)c1. The number of amides is 2. The van der Waals surface area contributed by atoms with Gasteiger partial charge in [-0.15, -0.1) is 0 Å². The van der Waals surface area contributed by atoms with E-state index >= 15 is 0 Å². The first-order valence-electron chi connectivity index (χ1n) is 10.7. The number of rotatable bonds is 7. The third kappa shape index (κ3) is 3.99. The van der Waals surface area contributed by atoms with E-state index in [0.717, 1.165) is 23.1 Å². The monoisotopic (exact) mass is 426 g/mol. The van der Waals surface area contributed by atoms with Crippen LogP contribution in [0.4, 0.5) is 5.69 Å². The van der Waals surface area contributed by atoms with E-state index in [4.69, 9.17) is 5.41 Å². The van der Waals surface area contributed by atoms with E-state index in [1.54, 1.807) is 0 Å². The average molecular weight is 427 g/mol. The van der Waals surface area contributed by atoms with Crippen LogP contribution in [0.3, 0.4) is 0 Å². The molecule has 0 aromatic heterocycles. The molecule has 0 atom stereocenters. The van der Waals surface area contributed by atoms with Crippen LogP contribution in [-0.4, -0.2) is 22.7 Å². The van der Waals surface area contributed by atoms with Gasteiger partial charge in [-0.1, -0.05) is 79.7 Å². The van der Waals surface area contributed by atoms with Gasteiger partial charge in [0.2, 0.25) is 5.91 Å². The van der Waals surface area contributed by atoms with E-state index < -0.39 is 5.54 Å². The molecule has 0 aliphatic carbocycles. The van der Waals surface area contributed by atoms with Gasteiger partial charge in [-0.2, -0.15) is 0 Å². The van der Waals surface area contributed by atoms with Gasteiger partial charge in [0.05, 0.1) is 6.54 Å². The minimum Gasteiger partial charge on any atom is -0.334 e. The second-order valence-electron chi connectivity index (χ2n) is 7.85. The van der Waals surface area contributed by atoms with Gasteiger partial charge in [0.25, 0.3) is 5.91 Å². The molecule has 1 saturated heterocycles. The number of nitrogens with zero attached hydrogens (tertiary/aromatic N) is 1. The minimum absolute atomic E-state index is 0.0384. The van der Waals surface area contributed by atoms with E-state index in [9.17, 15) is 9.59 Å². The van der Waals surface area contributed by atoms with Crippen LogP contribution >= 0.6 is 0 Å². The molecule has 4 rings (SSSR count). The Labute approximate surface area is 187 Å². The number of carbonyl (C=O) groups is 2. The van der Waals surface area contributed by atoms with Gasteiger partial charge in [0.15, 0.2) is 11.5 Å². The molecule has 3 N–H and O–H groups in total. The number of carbonyl (C=O) groups excluding carboxylic acids is 2. The molecular formula is C26H26N4O2. The standard InChI is InChI=1S/C26H26N4O2/c1-2-10-23(31)28-22-16-9-11-19(17-22)18-30-24(32)26(29-25(30)27,20-12-5-3-6-13-20)21-14-7-4-8-15-21/h3-9,11-17H,2,10,18H2,1H3,(H2,27,29)(H,28,31). The molecule has 0 saturated carbocycles. The Morgan fingerprint density at radius 1 is 0.969 bits per heavy atom. The summed E-state index contributed by atoms with van der Waals surface area (Å²) in [5.74, 6) is -0.202. The zero-order valence-corrected chi connectivity index (χ0v) is 18.0. The van der Waals surface area contributed by atoms with Crippen molar-refractivity contribution in [2.75, 3.05) is 5.32 Å². The van der Waals surface area contributed by atoms with Crippen LogP contribution in [0.5, 0.6) is 0 Å². The third-order valence-electron chi connectivity index (χ3n) is 5.58. The van der Waals surface area contributed by atoms with Gasteiger partial charge in [0, 0.05) is 12.1 Å². The molecule has 1 aliphatic heterocycles. The lowest BCUT2D eigenvalue weighted by atomic mass is 9.82. The summed E-state index contributed by atoms with van der Waals surface area (Å²) < 4.78 is 0. The van der Waals surface area contributed by atoms with Crippen molar-refractivity contribution < 1.29 is 9.59 Å². The fraction of sp³-hybridized carbons (Fsp3) is 0.192. The van der Waals surface area contributed by atoms with Crippen LogP contribution in [0.1, 0.15) is 36.5 Å². The lowest BCUT2D eigenvalue weighted by molar-refractivity contribution is -0.130. The van der Waals surface area contributed by atoms with Crippen molar-refractivity contribution in [1.82, 2.24) is 10.2 Å². The Morgan fingerprint density at radius 3 is 2.19 bits per heavy atom. The molecule has 0 radical (unpaired) electrons. The summed E-state index contributed by atoms with van der Waals surface area (Å²) in [6, 6.07) is 26.4. The topological polar surface area (TPSA) is 85.3 Å². The second kappa shape index (κ2) is 9.06. The zero-order valence-electron chi connectivity index (χ0n) is 18.0. The van der Waals surface area contributed by atoms with Crippen molar-refractivity contribution in [3.05, 3.63) is 102 Å². The van der Waals surface area contributed by atoms with Crippen molar-refractivity contribution in [2.24, 2.45) is 0 Å². The van der Waals surface area contributed by atoms with E-state index in [1.807, 2.05) is 91.9 Å². The molecule has 2 amide bonds. The summed E-state index contributed by atoms with van der Waals surface area (Å²) in [6.07, 6.45) is 1.23. The number of anilines is 1. The van der Waals surface area contributed by atoms with Crippen LogP contribution in [0, 0.1) is 5.41 Å². The van der Waals surface area contributed by atoms with Crippen molar-refractivity contribution in [3.63, 3.8) is 0 Å². The molecular weight excluding hydrogens is 400 g/mol. The van der Waals surface area contributed by atoms with E-state index in [0.29, 0.717) is 12.1 Å². The maximum absolute atomic E-state index is 13.8. The van der Waals surface area contributed by atoms with Gasteiger partial charge in [-0.05, 0) is 35.2 Å². The minimum atomic E-state index is -1.16. The molecule has 1 fully saturated rings. The normalized spacial score (nSPS) is 14.8. The quantitative estimate of drug-likeness (QED) is 0.528. The van der Waals surface area contributed by atoms with Gasteiger partial charge < -0.3 is 10.6 Å². The maximum Gasteiger partial charge on any atom is 0.264 e. The fourth-order valence-corrected chi connectivity index (χ4v) is 4.07. The van der Waals surface area contributed by atoms with Crippen LogP contribution in [-0.2, 0) is 21.7 Å². The molecule has 32 heavy (non-hydrogen) atoms. The molecule has 0 unspecified atom stereocenters. The van der Waals surface area contributed by atoms with E-state index in [1.165, 1.54) is 4.90 Å². The van der Waals surface area contributed by atoms with Crippen molar-refractivity contribution >= 4 is 23.5 Å². The Morgan fingerprint density at radius 2 is 1.59 bits per heavy atom. The van der Waals surface area contributed by atoms with Crippen molar-refractivity contribution in [2.45, 2.75) is 31.8 Å². The number of hydrogen-bond donors (Lipinski definition) is 3. The summed E-state index contributed by atoms with van der Waals surface area (Å²) >= 11 is 0. The Balaban J connectivity index is 1.66. The second-order valence-corrected chi connectivity index (χ2v) is 7.85. The summed E-state index contributed by atoms with van der Waals surface area (Å²) in [6.45, 7) is 2.18. The van der Waals surface area contributed by atoms with Crippen LogP contribution < -0.4 is 10.6 Å². The fourth-order valence-electron chi connectivity index (χ4n) is 4.07. The largest absolute Gasteiger partial charge is 0.334 e. The predicted octanol–water partition coefficient (Wildman–Crippen LogP) is 4.24. The van der Waals surface area contributed by atoms with Crippen molar-refractivity contribution in [3.8, 4) is 0 Å². The van der Waals surface area contributed by atoms with Gasteiger partial charge in [0.1, 0.15) is 0 Å². The predicted molar refractivity (Wildman–Crippen MR) is 125 cm³/mol. The molecule has 3 aromatic rings. The Hall–Kier alpha value is -3.93. The highest BCUT2D eigenvalue weighted by molar-refractivity contribution is 6.10. The van der Waals surface area contributed by atoms with Gasteiger partial charge in [-0.25, -0.2) is 0 Å². The summed E-state index contributed by atoms with van der Waals surface area (Å²) in [5, 5.41) is 14.6. The third-order valence-corrected chi connectivity index (χ3v) is 5.58. The number of hydrogen-bond acceptors (Lipinski definition) is 3.